The molecule has 0 saturated heterocycles. The number of rotatable bonds is 9. The molecule has 220 valence electrons. The summed E-state index contributed by atoms with van der Waals surface area (Å²) in [5, 5.41) is 4.58. The molecular weight excluding hydrogens is 629 g/mol. The van der Waals surface area contributed by atoms with E-state index in [1.807, 2.05) is 37.3 Å². The van der Waals surface area contributed by atoms with E-state index >= 15 is 0 Å². The number of amides is 1. The summed E-state index contributed by atoms with van der Waals surface area (Å²) in [7, 11) is -8.17. The Morgan fingerprint density at radius 3 is 2.14 bits per heavy atom. The molecule has 0 aliphatic carbocycles. The Balaban J connectivity index is 1.37. The Kier molecular flexibility index (Phi) is 8.66. The van der Waals surface area contributed by atoms with Crippen LogP contribution in [0.4, 0.5) is 17.1 Å². The van der Waals surface area contributed by atoms with E-state index in [1.165, 1.54) is 54.6 Å². The van der Waals surface area contributed by atoms with Gasteiger partial charge in [0, 0.05) is 16.1 Å². The van der Waals surface area contributed by atoms with Gasteiger partial charge >= 0.3 is 0 Å². The van der Waals surface area contributed by atoms with Crippen LogP contribution in [0, 0.1) is 6.92 Å². The van der Waals surface area contributed by atoms with Crippen molar-refractivity contribution in [3.63, 3.8) is 0 Å². The lowest BCUT2D eigenvalue weighted by Crippen LogP contribution is -2.38. The first-order valence-corrected chi connectivity index (χ1v) is 16.6. The van der Waals surface area contributed by atoms with Crippen LogP contribution in [0.3, 0.4) is 0 Å². The van der Waals surface area contributed by atoms with Gasteiger partial charge in [0.15, 0.2) is 0 Å². The van der Waals surface area contributed by atoms with Crippen molar-refractivity contribution in [2.75, 3.05) is 20.9 Å². The van der Waals surface area contributed by atoms with E-state index in [-0.39, 0.29) is 31.2 Å². The third kappa shape index (κ3) is 6.78. The van der Waals surface area contributed by atoms with Gasteiger partial charge in [0.1, 0.15) is 6.54 Å². The minimum Gasteiger partial charge on any atom is -0.325 e. The number of fused-ring (bicyclic) bond motifs is 1. The molecule has 1 amide bonds. The third-order valence-electron chi connectivity index (χ3n) is 6.56. The van der Waals surface area contributed by atoms with Gasteiger partial charge < -0.3 is 5.32 Å². The lowest BCUT2D eigenvalue weighted by Gasteiger charge is -2.25. The van der Waals surface area contributed by atoms with Crippen molar-refractivity contribution in [2.24, 2.45) is 0 Å². The normalized spacial score (nSPS) is 11.7. The van der Waals surface area contributed by atoms with Gasteiger partial charge in [-0.05, 0) is 73.0 Å². The first kappa shape index (κ1) is 30.4. The number of hydrogen-bond acceptors (Lipinski definition) is 5. The number of carbonyl (C=O) groups excluding carboxylic acids is 1. The van der Waals surface area contributed by atoms with Crippen LogP contribution in [0.2, 0.25) is 10.0 Å². The van der Waals surface area contributed by atoms with Crippen LogP contribution in [0.1, 0.15) is 5.56 Å². The average molecular weight is 655 g/mol. The summed E-state index contributed by atoms with van der Waals surface area (Å²) in [5.41, 5.74) is 1.59. The smallest absolute Gasteiger partial charge is 0.264 e. The van der Waals surface area contributed by atoms with E-state index in [1.54, 1.807) is 24.3 Å². The van der Waals surface area contributed by atoms with Gasteiger partial charge in [-0.2, -0.15) is 0 Å². The fourth-order valence-corrected chi connectivity index (χ4v) is 7.33. The van der Waals surface area contributed by atoms with Gasteiger partial charge in [-0.25, -0.2) is 16.8 Å². The molecule has 0 radical (unpaired) electrons. The summed E-state index contributed by atoms with van der Waals surface area (Å²) in [6, 6.07) is 28.8. The number of aryl methyl sites for hydroxylation is 1. The van der Waals surface area contributed by atoms with Crippen molar-refractivity contribution >= 4 is 77.0 Å². The van der Waals surface area contributed by atoms with Gasteiger partial charge in [-0.1, -0.05) is 77.3 Å². The maximum Gasteiger partial charge on any atom is 0.264 e. The topological polar surface area (TPSA) is 113 Å². The molecule has 0 unspecified atom stereocenters. The van der Waals surface area contributed by atoms with Crippen molar-refractivity contribution in [1.82, 2.24) is 0 Å². The number of halogens is 2. The molecule has 5 aromatic carbocycles. The molecule has 12 heteroatoms. The fourth-order valence-electron chi connectivity index (χ4n) is 4.38. The van der Waals surface area contributed by atoms with E-state index in [0.29, 0.717) is 5.69 Å². The average Bonchev–Trinajstić information content (AvgIpc) is 2.98. The van der Waals surface area contributed by atoms with Crippen LogP contribution in [-0.4, -0.2) is 29.3 Å². The molecule has 0 atom stereocenters. The molecule has 5 aromatic rings. The number of hydrogen-bond donors (Lipinski definition) is 2. The van der Waals surface area contributed by atoms with Gasteiger partial charge in [-0.15, -0.1) is 0 Å². The molecule has 0 saturated carbocycles. The molecule has 43 heavy (non-hydrogen) atoms. The van der Waals surface area contributed by atoms with Gasteiger partial charge in [-0.3, -0.25) is 13.8 Å². The van der Waals surface area contributed by atoms with E-state index in [2.05, 4.69) is 10.0 Å². The van der Waals surface area contributed by atoms with Gasteiger partial charge in [0.2, 0.25) is 5.91 Å². The minimum atomic E-state index is -4.23. The highest BCUT2D eigenvalue weighted by atomic mass is 35.5. The number of anilines is 3. The Hall–Kier alpha value is -4.09. The highest BCUT2D eigenvalue weighted by Gasteiger charge is 2.29. The summed E-state index contributed by atoms with van der Waals surface area (Å²) in [4.78, 5) is 13.1. The summed E-state index contributed by atoms with van der Waals surface area (Å²) < 4.78 is 57.0. The van der Waals surface area contributed by atoms with Crippen LogP contribution in [-0.2, 0) is 24.8 Å². The van der Waals surface area contributed by atoms with E-state index in [4.69, 9.17) is 23.2 Å². The Morgan fingerprint density at radius 1 is 0.767 bits per heavy atom. The standard InChI is InChI=1S/C31H25Cl2N3O5S2/c1-21-9-14-26(15-10-21)43(40,41)36(30-19-23(32)11-18-28(30)33)20-31(37)34-24-12-16-25(17-13-24)42(38,39)35-29-8-4-6-22-5-2-3-7-27(22)29/h2-19,35H,20H2,1H3,(H,34,37). The highest BCUT2D eigenvalue weighted by Crippen LogP contribution is 2.33. The largest absolute Gasteiger partial charge is 0.325 e. The van der Waals surface area contributed by atoms with Crippen LogP contribution in [0.15, 0.2) is 119 Å². The molecule has 5 rings (SSSR count). The Labute approximate surface area is 260 Å². The van der Waals surface area contributed by atoms with Crippen LogP contribution in [0.5, 0.6) is 0 Å². The van der Waals surface area contributed by atoms with Crippen LogP contribution >= 0.6 is 23.2 Å². The molecule has 0 aliphatic heterocycles. The maximum atomic E-state index is 13.7. The zero-order chi connectivity index (χ0) is 30.8. The molecule has 0 heterocycles. The quantitative estimate of drug-likeness (QED) is 0.176. The molecule has 2 N–H and O–H groups in total. The number of nitrogens with one attached hydrogen (secondary N) is 2. The Bertz CT molecular complexity index is 2030. The second kappa shape index (κ2) is 12.3. The number of benzene rings is 5. The number of nitrogens with zero attached hydrogens (tertiary/aromatic N) is 1. The number of sulfonamides is 2. The lowest BCUT2D eigenvalue weighted by molar-refractivity contribution is -0.114. The summed E-state index contributed by atoms with van der Waals surface area (Å²) in [6.45, 7) is 1.20. The predicted molar refractivity (Wildman–Crippen MR) is 172 cm³/mol. The maximum absolute atomic E-state index is 13.7. The molecule has 0 bridgehead atoms. The highest BCUT2D eigenvalue weighted by molar-refractivity contribution is 7.93. The SMILES string of the molecule is Cc1ccc(S(=O)(=O)N(CC(=O)Nc2ccc(S(=O)(=O)Nc3cccc4ccccc34)cc2)c2cc(Cl)ccc2Cl)cc1. The third-order valence-corrected chi connectivity index (χ3v) is 10.3. The molecule has 0 spiro atoms. The summed E-state index contributed by atoms with van der Waals surface area (Å²) in [6.07, 6.45) is 0. The molecular formula is C31H25Cl2N3O5S2. The first-order chi connectivity index (χ1) is 20.4. The Morgan fingerprint density at radius 2 is 1.42 bits per heavy atom. The molecule has 8 nitrogen and oxygen atoms in total. The van der Waals surface area contributed by atoms with Crippen LogP contribution < -0.4 is 14.3 Å². The zero-order valence-corrected chi connectivity index (χ0v) is 25.8. The summed E-state index contributed by atoms with van der Waals surface area (Å²) in [5.74, 6) is -0.684. The van der Waals surface area contributed by atoms with E-state index in [9.17, 15) is 21.6 Å². The zero-order valence-electron chi connectivity index (χ0n) is 22.7. The minimum absolute atomic E-state index is 0.0206. The molecule has 0 aliphatic rings. The first-order valence-electron chi connectivity index (χ1n) is 12.9. The molecule has 0 aromatic heterocycles. The van der Waals surface area contributed by atoms with Crippen molar-refractivity contribution < 1.29 is 21.6 Å². The van der Waals surface area contributed by atoms with Gasteiger partial charge in [0.25, 0.3) is 20.0 Å². The monoisotopic (exact) mass is 653 g/mol. The second-order valence-corrected chi connectivity index (χ2v) is 14.0. The second-order valence-electron chi connectivity index (χ2n) is 9.63. The number of carbonyl (C=O) groups is 1. The lowest BCUT2D eigenvalue weighted by atomic mass is 10.1. The van der Waals surface area contributed by atoms with E-state index < -0.39 is 32.5 Å². The van der Waals surface area contributed by atoms with Gasteiger partial charge in [0.05, 0.1) is 26.2 Å². The van der Waals surface area contributed by atoms with E-state index in [0.717, 1.165) is 20.6 Å². The van der Waals surface area contributed by atoms with Crippen molar-refractivity contribution in [3.8, 4) is 0 Å². The molecule has 0 fully saturated rings. The van der Waals surface area contributed by atoms with Crippen molar-refractivity contribution in [3.05, 3.63) is 125 Å². The van der Waals surface area contributed by atoms with Crippen molar-refractivity contribution in [1.29, 1.82) is 0 Å². The summed E-state index contributed by atoms with van der Waals surface area (Å²) >= 11 is 12.5. The predicted octanol–water partition coefficient (Wildman–Crippen LogP) is 7.09. The fraction of sp³-hybridized carbons (Fsp3) is 0.0645. The van der Waals surface area contributed by atoms with Crippen LogP contribution in [0.25, 0.3) is 10.8 Å². The van der Waals surface area contributed by atoms with Crippen molar-refractivity contribution in [2.45, 2.75) is 16.7 Å².